The Balaban J connectivity index is 0. The van der Waals surface area contributed by atoms with Crippen LogP contribution in [0.5, 0.6) is 5.75 Å². The Morgan fingerprint density at radius 2 is 1.19 bits per heavy atom. The molecule has 1 saturated heterocycles. The summed E-state index contributed by atoms with van der Waals surface area (Å²) >= 11 is 0. The van der Waals surface area contributed by atoms with Crippen LogP contribution in [-0.2, 0) is 4.84 Å². The molecule has 0 bridgehead atoms. The molecule has 4 rings (SSSR count). The fourth-order valence-corrected chi connectivity index (χ4v) is 4.62. The van der Waals surface area contributed by atoms with E-state index in [9.17, 15) is 4.79 Å². The summed E-state index contributed by atoms with van der Waals surface area (Å²) in [5.41, 5.74) is -0.177. The summed E-state index contributed by atoms with van der Waals surface area (Å²) in [6.07, 6.45) is 19.7. The number of benzene rings is 1. The van der Waals surface area contributed by atoms with Crippen LogP contribution in [0.1, 0.15) is 163 Å². The smallest absolute Gasteiger partial charge is 0.317 e. The van der Waals surface area contributed by atoms with Crippen LogP contribution >= 0.6 is 0 Å². The van der Waals surface area contributed by atoms with Crippen molar-refractivity contribution >= 4 is 43.3 Å². The zero-order valence-corrected chi connectivity index (χ0v) is 46.1. The van der Waals surface area contributed by atoms with E-state index in [1.807, 2.05) is 90.9 Å². The Morgan fingerprint density at radius 3 is 1.64 bits per heavy atom. The standard InChI is InChI=1S/C13H26N4O.C10H13NO.C8H18N2.C8H15N.C8H17N.C7H13NO/c1-11(2)10-14-17-8-6-16(7-9-17)12(18)15-13(3,4)5;1-9(2)8-11-12-10-6-4-3-5-7-10;1-5-10(6-2)9-7-8(3)4;1-7(2)5-9-6-8-3-4-8;1-4-5-6-9-7-8(2)3;1-6(2)5-8-9-7-3-4-7/h10-11H,6-9H2,1-5H3,(H,15,18);3-9H,1-2H3;7-8H,5-6H2,1-4H3;5,7-8H,3-4,6H2,1-2H3;7-8H,4-6H2,1-3H3;5-7H,3-4H2,1-2H3/b14-10+;11-8+;9-7+;;;8-5+. The van der Waals surface area contributed by atoms with Crippen molar-refractivity contribution in [2.45, 2.75) is 175 Å². The lowest BCUT2D eigenvalue weighted by Crippen LogP contribution is -2.54. The Kier molecular flexibility index (Phi) is 39.4. The van der Waals surface area contributed by atoms with Gasteiger partial charge in [0.1, 0.15) is 6.10 Å². The third-order valence-corrected chi connectivity index (χ3v) is 8.67. The molecule has 3 fully saturated rings. The van der Waals surface area contributed by atoms with E-state index in [1.165, 1.54) is 38.5 Å². The molecule has 1 aromatic carbocycles. The molecule has 1 heterocycles. The average molecular weight is 939 g/mol. The quantitative estimate of drug-likeness (QED) is 0.0838. The molecule has 0 atom stereocenters. The second kappa shape index (κ2) is 40.7. The number of urea groups is 1. The molecule has 3 aliphatic rings. The first-order chi connectivity index (χ1) is 31.6. The molecule has 2 aliphatic carbocycles. The molecule has 386 valence electrons. The lowest BCUT2D eigenvalue weighted by atomic mass is 10.1. The molecule has 2 amide bonds. The zero-order valence-electron chi connectivity index (χ0n) is 46.1. The monoisotopic (exact) mass is 939 g/mol. The van der Waals surface area contributed by atoms with Gasteiger partial charge in [-0.25, -0.2) is 4.79 Å². The van der Waals surface area contributed by atoms with Gasteiger partial charge < -0.3 is 19.9 Å². The molecule has 13 nitrogen and oxygen atoms in total. The second-order valence-corrected chi connectivity index (χ2v) is 20.3. The van der Waals surface area contributed by atoms with E-state index in [0.29, 0.717) is 41.6 Å². The summed E-state index contributed by atoms with van der Waals surface area (Å²) in [7, 11) is 0. The number of nitrogens with one attached hydrogen (secondary N) is 1. The minimum absolute atomic E-state index is 0.0231. The molecule has 1 aromatic rings. The third-order valence-electron chi connectivity index (χ3n) is 8.67. The molecule has 0 aromatic heterocycles. The SMILES string of the molecule is CC(C)/C=N/N1CCN(C(=O)NC(C)(C)C)CC1.CC(C)/C=N/OC1CC1.CC(C)/C=N/Oc1ccccc1.CC(C)C=NCC1CC1.CCCCN=CC(C)C.CCN(CC)/N=C/C(C)C. The number of carbonyl (C=O) groups excluding carboxylic acids is 1. The van der Waals surface area contributed by atoms with Crippen molar-refractivity contribution in [3.05, 3.63) is 30.3 Å². The van der Waals surface area contributed by atoms with Crippen molar-refractivity contribution in [1.82, 2.24) is 20.2 Å². The Hall–Kier alpha value is -4.29. The molecule has 0 spiro atoms. The highest BCUT2D eigenvalue weighted by Crippen LogP contribution is 2.28. The number of piperazine rings is 1. The van der Waals surface area contributed by atoms with Crippen LogP contribution in [0.3, 0.4) is 0 Å². The Morgan fingerprint density at radius 1 is 0.687 bits per heavy atom. The molecule has 1 aliphatic heterocycles. The maximum atomic E-state index is 11.9. The maximum Gasteiger partial charge on any atom is 0.317 e. The van der Waals surface area contributed by atoms with Gasteiger partial charge in [0.15, 0.2) is 5.75 Å². The summed E-state index contributed by atoms with van der Waals surface area (Å²) in [6.45, 7) is 44.9. The number of aliphatic imine (C=N–C) groups is 2. The topological polar surface area (TPSA) is 131 Å². The van der Waals surface area contributed by atoms with Crippen LogP contribution in [0.25, 0.3) is 0 Å². The van der Waals surface area contributed by atoms with Crippen molar-refractivity contribution in [2.24, 2.45) is 71.9 Å². The summed E-state index contributed by atoms with van der Waals surface area (Å²) in [6, 6.07) is 9.55. The largest absolute Gasteiger partial charge is 0.393 e. The van der Waals surface area contributed by atoms with E-state index >= 15 is 0 Å². The summed E-state index contributed by atoms with van der Waals surface area (Å²) in [5, 5.41) is 23.3. The number of hydrogen-bond donors (Lipinski definition) is 1. The van der Waals surface area contributed by atoms with Crippen molar-refractivity contribution in [2.75, 3.05) is 52.4 Å². The van der Waals surface area contributed by atoms with Crippen molar-refractivity contribution in [3.8, 4) is 5.75 Å². The van der Waals surface area contributed by atoms with Crippen LogP contribution < -0.4 is 10.2 Å². The number of amides is 2. The highest BCUT2D eigenvalue weighted by atomic mass is 16.6. The maximum absolute atomic E-state index is 11.9. The number of hydrogen-bond acceptors (Lipinski definition) is 11. The number of para-hydroxylation sites is 1. The summed E-state index contributed by atoms with van der Waals surface area (Å²) < 4.78 is 0. The highest BCUT2D eigenvalue weighted by molar-refractivity contribution is 5.75. The lowest BCUT2D eigenvalue weighted by molar-refractivity contribution is 0.129. The summed E-state index contributed by atoms with van der Waals surface area (Å²) in [4.78, 5) is 32.5. The van der Waals surface area contributed by atoms with Crippen molar-refractivity contribution < 1.29 is 14.5 Å². The number of unbranched alkanes of at least 4 members (excludes halogenated alkanes) is 1. The average Bonchev–Trinajstić information content (AvgIpc) is 4.21. The summed E-state index contributed by atoms with van der Waals surface area (Å²) in [5.74, 6) is 4.91. The van der Waals surface area contributed by atoms with Gasteiger partial charge in [-0.2, -0.15) is 10.2 Å². The van der Waals surface area contributed by atoms with Gasteiger partial charge in [0.05, 0.1) is 13.1 Å². The number of oxime groups is 2. The number of carbonyl (C=O) groups is 1. The fourth-order valence-electron chi connectivity index (χ4n) is 4.62. The number of nitrogens with zero attached hydrogens (tertiary/aromatic N) is 9. The van der Waals surface area contributed by atoms with Gasteiger partial charge in [-0.15, -0.1) is 0 Å². The van der Waals surface area contributed by atoms with Crippen LogP contribution in [0.4, 0.5) is 4.79 Å². The minimum atomic E-state index is -0.177. The molecule has 1 N–H and O–H groups in total. The lowest BCUT2D eigenvalue weighted by Gasteiger charge is -2.35. The van der Waals surface area contributed by atoms with Gasteiger partial charge in [0, 0.05) is 82.1 Å². The van der Waals surface area contributed by atoms with Crippen molar-refractivity contribution in [3.63, 3.8) is 0 Å². The highest BCUT2D eigenvalue weighted by Gasteiger charge is 2.24. The van der Waals surface area contributed by atoms with Crippen molar-refractivity contribution in [1.29, 1.82) is 0 Å². The molecular formula is C54H102N10O3. The number of hydrazone groups is 2. The number of rotatable bonds is 19. The second-order valence-electron chi connectivity index (χ2n) is 20.3. The molecule has 13 heteroatoms. The van der Waals surface area contributed by atoms with Gasteiger partial charge in [-0.1, -0.05) is 125 Å². The van der Waals surface area contributed by atoms with Crippen LogP contribution in [0.15, 0.2) is 60.8 Å². The molecule has 0 radical (unpaired) electrons. The Bertz CT molecular complexity index is 1440. The minimum Gasteiger partial charge on any atom is -0.393 e. The van der Waals surface area contributed by atoms with E-state index in [2.05, 4.69) is 146 Å². The van der Waals surface area contributed by atoms with Gasteiger partial charge in [0.25, 0.3) is 0 Å². The first kappa shape index (κ1) is 64.8. The predicted octanol–water partition coefficient (Wildman–Crippen LogP) is 12.9. The third kappa shape index (κ3) is 49.4. The van der Waals surface area contributed by atoms with E-state index in [0.717, 1.165) is 64.0 Å². The van der Waals surface area contributed by atoms with Gasteiger partial charge >= 0.3 is 6.03 Å². The molecule has 67 heavy (non-hydrogen) atoms. The van der Waals surface area contributed by atoms with Crippen LogP contribution in [0.2, 0.25) is 0 Å². The molecular weight excluding hydrogens is 837 g/mol. The first-order valence-electron chi connectivity index (χ1n) is 25.7. The normalized spacial score (nSPS) is 15.2. The predicted molar refractivity (Wildman–Crippen MR) is 293 cm³/mol. The molecule has 0 unspecified atom stereocenters. The first-order valence-corrected chi connectivity index (χ1v) is 25.7. The zero-order chi connectivity index (χ0) is 51.0. The van der Waals surface area contributed by atoms with Gasteiger partial charge in [0.2, 0.25) is 0 Å². The van der Waals surface area contributed by atoms with E-state index < -0.39 is 0 Å². The van der Waals surface area contributed by atoms with Gasteiger partial charge in [-0.3, -0.25) is 20.0 Å². The Labute approximate surface area is 411 Å². The van der Waals surface area contributed by atoms with E-state index in [-0.39, 0.29) is 11.6 Å². The molecule has 2 saturated carbocycles. The van der Waals surface area contributed by atoms with E-state index in [1.54, 1.807) is 6.21 Å². The van der Waals surface area contributed by atoms with Crippen LogP contribution in [-0.4, -0.2) is 122 Å². The van der Waals surface area contributed by atoms with Crippen LogP contribution in [0, 0.1) is 41.4 Å². The van der Waals surface area contributed by atoms with E-state index in [4.69, 9.17) is 9.68 Å². The van der Waals surface area contributed by atoms with Gasteiger partial charge in [-0.05, 0) is 120 Å². The fraction of sp³-hybridized carbons (Fsp3) is 0.759.